The molecule has 12 heteroatoms. The standard InChI is InChI=1S/C41H52FN9O2/c1-25(2)36(29-14-31(15-29)48-12-10-40(18-48)22-51(23-40)39(52)28-6-7-28)50-20-41(21-50)11-13-49(19-41)37-38(47-45-24-44-37)53-34-9-8-30(42)16-32(34)33-17-43-26(3)46-35(33)27-4-5-27/h8-9,16-17,24-25,27-29,31,36H,4-7,10-15,18-23H2,1-3H3/t29?,31?,36-/m0/s1. The first-order valence-corrected chi connectivity index (χ1v) is 20.2. The first-order valence-electron chi connectivity index (χ1n) is 20.2. The van der Waals surface area contributed by atoms with Gasteiger partial charge in [-0.3, -0.25) is 14.6 Å². The number of carbonyl (C=O) groups is 1. The molecule has 2 spiro atoms. The maximum absolute atomic E-state index is 14.7. The lowest BCUT2D eigenvalue weighted by atomic mass is 9.68. The van der Waals surface area contributed by atoms with Gasteiger partial charge in [-0.25, -0.2) is 19.3 Å². The van der Waals surface area contributed by atoms with E-state index in [-0.39, 0.29) is 11.2 Å². The van der Waals surface area contributed by atoms with Crippen LogP contribution < -0.4 is 9.64 Å². The topological polar surface area (TPSA) is 104 Å². The number of aryl methyl sites for hydroxylation is 1. The summed E-state index contributed by atoms with van der Waals surface area (Å²) in [7, 11) is 0. The molecule has 10 rings (SSSR count). The van der Waals surface area contributed by atoms with Crippen molar-refractivity contribution >= 4 is 11.7 Å². The van der Waals surface area contributed by atoms with E-state index in [0.29, 0.717) is 70.0 Å². The molecule has 7 aliphatic rings. The summed E-state index contributed by atoms with van der Waals surface area (Å²) >= 11 is 0. The van der Waals surface area contributed by atoms with E-state index in [1.54, 1.807) is 12.3 Å². The Morgan fingerprint density at radius 3 is 2.47 bits per heavy atom. The molecule has 1 amide bonds. The average Bonchev–Trinajstić information content (AvgIpc) is 4.03. The summed E-state index contributed by atoms with van der Waals surface area (Å²) in [5.74, 6) is 4.38. The number of halogens is 1. The van der Waals surface area contributed by atoms with Crippen molar-refractivity contribution in [1.82, 2.24) is 39.8 Å². The summed E-state index contributed by atoms with van der Waals surface area (Å²) in [6.45, 7) is 15.1. The van der Waals surface area contributed by atoms with Crippen molar-refractivity contribution in [3.05, 3.63) is 48.1 Å². The van der Waals surface area contributed by atoms with Gasteiger partial charge in [0.05, 0.1) is 5.69 Å². The number of anilines is 1. The van der Waals surface area contributed by atoms with Crippen LogP contribution in [0, 0.1) is 41.3 Å². The van der Waals surface area contributed by atoms with E-state index in [0.717, 1.165) is 88.5 Å². The van der Waals surface area contributed by atoms with Gasteiger partial charge in [0.2, 0.25) is 5.91 Å². The van der Waals surface area contributed by atoms with Crippen LogP contribution in [0.1, 0.15) is 82.7 Å². The molecule has 11 nitrogen and oxygen atoms in total. The van der Waals surface area contributed by atoms with Gasteiger partial charge >= 0.3 is 0 Å². The van der Waals surface area contributed by atoms with E-state index in [2.05, 4.69) is 53.6 Å². The Morgan fingerprint density at radius 2 is 1.72 bits per heavy atom. The van der Waals surface area contributed by atoms with E-state index >= 15 is 0 Å². The minimum Gasteiger partial charge on any atom is -0.434 e. The smallest absolute Gasteiger partial charge is 0.282 e. The zero-order chi connectivity index (χ0) is 36.1. The molecule has 3 aliphatic carbocycles. The summed E-state index contributed by atoms with van der Waals surface area (Å²) < 4.78 is 21.2. The summed E-state index contributed by atoms with van der Waals surface area (Å²) in [5, 5.41) is 8.50. The number of ether oxygens (including phenoxy) is 1. The highest BCUT2D eigenvalue weighted by Gasteiger charge is 2.56. The number of carbonyl (C=O) groups excluding carboxylic acids is 1. The molecule has 1 aromatic carbocycles. The van der Waals surface area contributed by atoms with Crippen LogP contribution in [0.15, 0.2) is 30.7 Å². The summed E-state index contributed by atoms with van der Waals surface area (Å²) in [6.07, 6.45) is 12.6. The van der Waals surface area contributed by atoms with Gasteiger partial charge in [0, 0.05) is 97.9 Å². The molecule has 1 atom stereocenters. The van der Waals surface area contributed by atoms with Crippen LogP contribution in [0.4, 0.5) is 10.2 Å². The van der Waals surface area contributed by atoms with Gasteiger partial charge in [0.15, 0.2) is 5.82 Å². The Morgan fingerprint density at radius 1 is 0.943 bits per heavy atom. The van der Waals surface area contributed by atoms with E-state index in [4.69, 9.17) is 9.72 Å². The Kier molecular flexibility index (Phi) is 8.06. The van der Waals surface area contributed by atoms with Crippen molar-refractivity contribution in [2.75, 3.05) is 57.3 Å². The molecule has 4 saturated heterocycles. The number of nitrogens with zero attached hydrogens (tertiary/aromatic N) is 9. The largest absolute Gasteiger partial charge is 0.434 e. The second-order valence-corrected chi connectivity index (χ2v) is 18.2. The normalized spacial score (nSPS) is 26.9. The van der Waals surface area contributed by atoms with Crippen molar-refractivity contribution in [1.29, 1.82) is 0 Å². The Balaban J connectivity index is 0.775. The highest BCUT2D eigenvalue weighted by Crippen LogP contribution is 2.51. The van der Waals surface area contributed by atoms with Gasteiger partial charge in [-0.15, -0.1) is 10.2 Å². The molecule has 4 aliphatic heterocycles. The Bertz CT molecular complexity index is 1900. The molecule has 3 saturated carbocycles. The maximum Gasteiger partial charge on any atom is 0.282 e. The third-order valence-electron chi connectivity index (χ3n) is 13.7. The first-order chi connectivity index (χ1) is 25.6. The van der Waals surface area contributed by atoms with E-state index < -0.39 is 0 Å². The number of hydrogen-bond donors (Lipinski definition) is 0. The molecule has 0 N–H and O–H groups in total. The zero-order valence-electron chi connectivity index (χ0n) is 31.4. The van der Waals surface area contributed by atoms with Gasteiger partial charge in [-0.2, -0.15) is 0 Å². The first kappa shape index (κ1) is 33.8. The van der Waals surface area contributed by atoms with Crippen LogP contribution in [0.5, 0.6) is 11.6 Å². The maximum atomic E-state index is 14.7. The number of rotatable bonds is 10. The number of hydrogen-bond acceptors (Lipinski definition) is 10. The number of benzene rings is 1. The SMILES string of the molecule is Cc1ncc(-c2cc(F)ccc2Oc2nncnc2N2CCC3(C2)CN([C@@H](C(C)C)C2CC(N4CCC5(CN(C(=O)C6CC6)C5)C4)C2)C3)c(C2CC2)n1. The predicted molar refractivity (Wildman–Crippen MR) is 198 cm³/mol. The highest BCUT2D eigenvalue weighted by molar-refractivity contribution is 5.82. The van der Waals surface area contributed by atoms with Crippen LogP contribution in [0.25, 0.3) is 11.1 Å². The third-order valence-corrected chi connectivity index (χ3v) is 13.7. The molecular weight excluding hydrogens is 670 g/mol. The Hall–Kier alpha value is -3.77. The van der Waals surface area contributed by atoms with Crippen LogP contribution in [-0.2, 0) is 4.79 Å². The molecule has 0 unspecified atom stereocenters. The lowest BCUT2D eigenvalue weighted by Crippen LogP contribution is -2.65. The fourth-order valence-electron chi connectivity index (χ4n) is 10.7. The molecule has 53 heavy (non-hydrogen) atoms. The quantitative estimate of drug-likeness (QED) is 0.259. The fourth-order valence-corrected chi connectivity index (χ4v) is 10.7. The molecule has 280 valence electrons. The predicted octanol–water partition coefficient (Wildman–Crippen LogP) is 5.71. The highest BCUT2D eigenvalue weighted by atomic mass is 19.1. The van der Waals surface area contributed by atoms with Gasteiger partial charge in [0.1, 0.15) is 23.7 Å². The van der Waals surface area contributed by atoms with Gasteiger partial charge in [0.25, 0.3) is 5.88 Å². The van der Waals surface area contributed by atoms with Gasteiger partial charge < -0.3 is 14.5 Å². The van der Waals surface area contributed by atoms with Crippen molar-refractivity contribution in [3.63, 3.8) is 0 Å². The molecular formula is C41H52FN9O2. The van der Waals surface area contributed by atoms with Crippen LogP contribution in [-0.4, -0.2) is 110 Å². The van der Waals surface area contributed by atoms with E-state index in [1.807, 2.05) is 6.92 Å². The zero-order valence-corrected chi connectivity index (χ0v) is 31.4. The third kappa shape index (κ3) is 6.17. The van der Waals surface area contributed by atoms with Crippen LogP contribution in [0.2, 0.25) is 0 Å². The molecule has 3 aromatic rings. The van der Waals surface area contributed by atoms with Gasteiger partial charge in [-0.1, -0.05) is 13.8 Å². The van der Waals surface area contributed by atoms with E-state index in [9.17, 15) is 9.18 Å². The molecule has 0 radical (unpaired) electrons. The minimum absolute atomic E-state index is 0.229. The van der Waals surface area contributed by atoms with Crippen LogP contribution >= 0.6 is 0 Å². The van der Waals surface area contributed by atoms with Crippen LogP contribution in [0.3, 0.4) is 0 Å². The second kappa shape index (κ2) is 12.6. The number of aromatic nitrogens is 5. The summed E-state index contributed by atoms with van der Waals surface area (Å²) in [4.78, 5) is 36.4. The minimum atomic E-state index is -0.340. The summed E-state index contributed by atoms with van der Waals surface area (Å²) in [5.41, 5.74) is 2.97. The lowest BCUT2D eigenvalue weighted by Gasteiger charge is -2.57. The monoisotopic (exact) mass is 721 g/mol. The fraction of sp³-hybridized carbons (Fsp3) is 0.659. The lowest BCUT2D eigenvalue weighted by molar-refractivity contribution is -0.144. The number of likely N-dealkylation sites (tertiary alicyclic amines) is 3. The van der Waals surface area contributed by atoms with Crippen molar-refractivity contribution in [2.24, 2.45) is 28.6 Å². The Labute approximate surface area is 311 Å². The summed E-state index contributed by atoms with van der Waals surface area (Å²) in [6, 6.07) is 5.90. The molecule has 0 bridgehead atoms. The van der Waals surface area contributed by atoms with Crippen molar-refractivity contribution < 1.29 is 13.9 Å². The second-order valence-electron chi connectivity index (χ2n) is 18.2. The van der Waals surface area contributed by atoms with Crippen molar-refractivity contribution in [2.45, 2.75) is 90.1 Å². The van der Waals surface area contributed by atoms with Gasteiger partial charge in [-0.05, 0) is 94.9 Å². The molecule has 6 heterocycles. The molecule has 7 fully saturated rings. The van der Waals surface area contributed by atoms with Crippen molar-refractivity contribution in [3.8, 4) is 22.8 Å². The van der Waals surface area contributed by atoms with E-state index in [1.165, 1.54) is 50.8 Å². The molecule has 2 aromatic heterocycles. The number of amides is 1. The average molecular weight is 722 g/mol.